The van der Waals surface area contributed by atoms with Gasteiger partial charge in [0.15, 0.2) is 0 Å². The second-order valence-corrected chi connectivity index (χ2v) is 6.09. The molecule has 0 amide bonds. The van der Waals surface area contributed by atoms with E-state index < -0.39 is 5.92 Å². The quantitative estimate of drug-likeness (QED) is 0.719. The number of methoxy groups -OCH3 is 2. The highest BCUT2D eigenvalue weighted by Gasteiger charge is 2.37. The van der Waals surface area contributed by atoms with Gasteiger partial charge in [-0.15, -0.1) is 5.10 Å². The predicted octanol–water partition coefficient (Wildman–Crippen LogP) is 2.71. The van der Waals surface area contributed by atoms with Gasteiger partial charge in [0.25, 0.3) is 0 Å². The number of nitrogens with two attached hydrogens (primary N) is 1. The molecule has 3 heterocycles. The molecule has 0 spiro atoms. The van der Waals surface area contributed by atoms with Crippen molar-refractivity contribution in [2.24, 2.45) is 5.73 Å². The molecule has 2 aromatic heterocycles. The normalized spacial score (nSPS) is 15.4. The third kappa shape index (κ3) is 2.70. The molecule has 0 aliphatic carbocycles. The van der Waals surface area contributed by atoms with Crippen molar-refractivity contribution in [2.45, 2.75) is 5.92 Å². The molecule has 0 bridgehead atoms. The molecule has 1 atom stereocenters. The molecule has 0 fully saturated rings. The van der Waals surface area contributed by atoms with Crippen LogP contribution in [-0.2, 0) is 0 Å². The van der Waals surface area contributed by atoms with Crippen molar-refractivity contribution in [3.05, 3.63) is 65.3 Å². The topological polar surface area (TPSA) is 119 Å². The molecule has 0 unspecified atom stereocenters. The van der Waals surface area contributed by atoms with E-state index in [1.54, 1.807) is 38.7 Å². The Kier molecular flexibility index (Phi) is 4.33. The van der Waals surface area contributed by atoms with E-state index in [0.29, 0.717) is 28.6 Å². The summed E-state index contributed by atoms with van der Waals surface area (Å²) in [4.78, 5) is 4.05. The third-order valence-corrected chi connectivity index (χ3v) is 4.66. The van der Waals surface area contributed by atoms with E-state index in [0.717, 1.165) is 11.1 Å². The highest BCUT2D eigenvalue weighted by molar-refractivity contribution is 5.71. The van der Waals surface area contributed by atoms with Gasteiger partial charge in [0.1, 0.15) is 23.1 Å². The van der Waals surface area contributed by atoms with E-state index in [1.165, 1.54) is 0 Å². The predicted molar refractivity (Wildman–Crippen MR) is 101 cm³/mol. The average Bonchev–Trinajstić information content (AvgIpc) is 3.16. The number of aromatic nitrogens is 3. The first-order valence-corrected chi connectivity index (χ1v) is 8.46. The SMILES string of the molecule is COc1ccc(OC)c([C@H]2C(C#N)=C(N)Oc3n[nH]c(-c4ccncc4)c32)c1. The molecule has 28 heavy (non-hydrogen) atoms. The number of pyridine rings is 1. The molecule has 1 aromatic carbocycles. The molecule has 4 rings (SSSR count). The maximum Gasteiger partial charge on any atom is 0.244 e. The van der Waals surface area contributed by atoms with Crippen LogP contribution in [0.1, 0.15) is 17.0 Å². The smallest absolute Gasteiger partial charge is 0.244 e. The number of nitrogens with zero attached hydrogens (tertiary/aromatic N) is 3. The van der Waals surface area contributed by atoms with Crippen LogP contribution in [-0.4, -0.2) is 29.4 Å². The number of rotatable bonds is 4. The highest BCUT2D eigenvalue weighted by atomic mass is 16.5. The molecule has 8 heteroatoms. The molecule has 140 valence electrons. The van der Waals surface area contributed by atoms with Crippen molar-refractivity contribution in [3.8, 4) is 34.7 Å². The number of ether oxygens (including phenoxy) is 3. The number of hydrogen-bond acceptors (Lipinski definition) is 7. The summed E-state index contributed by atoms with van der Waals surface area (Å²) in [5, 5.41) is 17.1. The van der Waals surface area contributed by atoms with Crippen LogP contribution in [0.4, 0.5) is 0 Å². The van der Waals surface area contributed by atoms with Gasteiger partial charge in [-0.1, -0.05) is 0 Å². The van der Waals surface area contributed by atoms with Crippen molar-refractivity contribution >= 4 is 0 Å². The van der Waals surface area contributed by atoms with Crippen molar-refractivity contribution in [1.29, 1.82) is 5.26 Å². The molecule has 1 aliphatic heterocycles. The molecular weight excluding hydrogens is 358 g/mol. The van der Waals surface area contributed by atoms with Crippen molar-refractivity contribution in [3.63, 3.8) is 0 Å². The van der Waals surface area contributed by atoms with Gasteiger partial charge in [-0.25, -0.2) is 0 Å². The van der Waals surface area contributed by atoms with Gasteiger partial charge in [0, 0.05) is 23.5 Å². The molecule has 3 aromatic rings. The van der Waals surface area contributed by atoms with Crippen LogP contribution >= 0.6 is 0 Å². The van der Waals surface area contributed by atoms with Crippen LogP contribution in [0.15, 0.2) is 54.2 Å². The fourth-order valence-electron chi connectivity index (χ4n) is 3.36. The van der Waals surface area contributed by atoms with Gasteiger partial charge in [-0.2, -0.15) is 5.26 Å². The van der Waals surface area contributed by atoms with Crippen LogP contribution in [0.25, 0.3) is 11.3 Å². The van der Waals surface area contributed by atoms with E-state index >= 15 is 0 Å². The molecule has 1 aliphatic rings. The number of aromatic amines is 1. The standard InChI is InChI=1S/C20H17N5O3/c1-26-12-3-4-15(27-2)13(9-12)16-14(10-21)19(22)28-20-17(16)18(24-25-20)11-5-7-23-8-6-11/h3-9,16H,22H2,1-2H3,(H,24,25)/t16-/m0/s1. The lowest BCUT2D eigenvalue weighted by Crippen LogP contribution is -2.21. The van der Waals surface area contributed by atoms with E-state index in [4.69, 9.17) is 19.9 Å². The zero-order valence-electron chi connectivity index (χ0n) is 15.3. The fourth-order valence-corrected chi connectivity index (χ4v) is 3.36. The lowest BCUT2D eigenvalue weighted by Gasteiger charge is -2.25. The van der Waals surface area contributed by atoms with Crippen LogP contribution < -0.4 is 19.9 Å². The summed E-state index contributed by atoms with van der Waals surface area (Å²) < 4.78 is 16.6. The second-order valence-electron chi connectivity index (χ2n) is 6.09. The Morgan fingerprint density at radius 2 is 1.96 bits per heavy atom. The van der Waals surface area contributed by atoms with Gasteiger partial charge >= 0.3 is 0 Å². The molecule has 0 saturated carbocycles. The van der Waals surface area contributed by atoms with E-state index in [1.807, 2.05) is 18.2 Å². The Morgan fingerprint density at radius 1 is 1.18 bits per heavy atom. The van der Waals surface area contributed by atoms with Crippen LogP contribution in [0.5, 0.6) is 17.4 Å². The third-order valence-electron chi connectivity index (χ3n) is 4.66. The maximum absolute atomic E-state index is 9.83. The first kappa shape index (κ1) is 17.4. The van der Waals surface area contributed by atoms with E-state index in [9.17, 15) is 5.26 Å². The fraction of sp³-hybridized carbons (Fsp3) is 0.150. The molecule has 3 N–H and O–H groups in total. The van der Waals surface area contributed by atoms with Crippen LogP contribution in [0.2, 0.25) is 0 Å². The zero-order chi connectivity index (χ0) is 19.7. The monoisotopic (exact) mass is 375 g/mol. The zero-order valence-corrected chi connectivity index (χ0v) is 15.3. The Morgan fingerprint density at radius 3 is 2.64 bits per heavy atom. The summed E-state index contributed by atoms with van der Waals surface area (Å²) in [7, 11) is 3.15. The minimum atomic E-state index is -0.541. The van der Waals surface area contributed by atoms with Gasteiger partial charge in [0.2, 0.25) is 11.8 Å². The van der Waals surface area contributed by atoms with Crippen LogP contribution in [0, 0.1) is 11.3 Å². The van der Waals surface area contributed by atoms with Gasteiger partial charge in [-0.05, 0) is 30.3 Å². The van der Waals surface area contributed by atoms with E-state index in [2.05, 4.69) is 21.3 Å². The number of nitriles is 1. The van der Waals surface area contributed by atoms with Crippen molar-refractivity contribution in [2.75, 3.05) is 14.2 Å². The molecule has 0 saturated heterocycles. The van der Waals surface area contributed by atoms with Gasteiger partial charge in [0.05, 0.1) is 31.4 Å². The van der Waals surface area contributed by atoms with E-state index in [-0.39, 0.29) is 11.5 Å². The maximum atomic E-state index is 9.83. The number of nitrogens with one attached hydrogen (secondary N) is 1. The number of hydrogen-bond donors (Lipinski definition) is 2. The lowest BCUT2D eigenvalue weighted by molar-refractivity contribution is 0.373. The summed E-state index contributed by atoms with van der Waals surface area (Å²) >= 11 is 0. The molecule has 0 radical (unpaired) electrons. The van der Waals surface area contributed by atoms with Crippen molar-refractivity contribution in [1.82, 2.24) is 15.2 Å². The largest absolute Gasteiger partial charge is 0.497 e. The first-order valence-electron chi connectivity index (χ1n) is 8.46. The Bertz CT molecular complexity index is 1100. The number of fused-ring (bicyclic) bond motifs is 1. The lowest BCUT2D eigenvalue weighted by atomic mass is 9.82. The minimum Gasteiger partial charge on any atom is -0.497 e. The van der Waals surface area contributed by atoms with Gasteiger partial charge < -0.3 is 19.9 Å². The highest BCUT2D eigenvalue weighted by Crippen LogP contribution is 2.48. The minimum absolute atomic E-state index is 0.0117. The number of allylic oxidation sites excluding steroid dienone is 1. The number of H-pyrrole nitrogens is 1. The average molecular weight is 375 g/mol. The van der Waals surface area contributed by atoms with Crippen LogP contribution in [0.3, 0.4) is 0 Å². The van der Waals surface area contributed by atoms with Gasteiger partial charge in [-0.3, -0.25) is 10.1 Å². The molecule has 8 nitrogen and oxygen atoms in total. The second kappa shape index (κ2) is 6.96. The van der Waals surface area contributed by atoms with Crippen molar-refractivity contribution < 1.29 is 14.2 Å². The summed E-state index contributed by atoms with van der Waals surface area (Å²) in [6.45, 7) is 0. The summed E-state index contributed by atoms with van der Waals surface area (Å²) in [5.74, 6) is 1.02. The number of benzene rings is 1. The first-order chi connectivity index (χ1) is 13.7. The summed E-state index contributed by atoms with van der Waals surface area (Å²) in [6, 6.07) is 11.3. The molecular formula is C20H17N5O3. The Balaban J connectivity index is 2.00. The Hall–Kier alpha value is -3.99. The Labute approximate surface area is 161 Å². The summed E-state index contributed by atoms with van der Waals surface area (Å²) in [5.41, 5.74) is 9.31. The summed E-state index contributed by atoms with van der Waals surface area (Å²) in [6.07, 6.45) is 3.37.